The summed E-state index contributed by atoms with van der Waals surface area (Å²) in [5.41, 5.74) is 0. The van der Waals surface area contributed by atoms with E-state index in [4.69, 9.17) is 4.74 Å². The van der Waals surface area contributed by atoms with Gasteiger partial charge in [-0.1, -0.05) is 25.1 Å². The number of carbonyl (C=O) groups excluding carboxylic acids is 1. The minimum atomic E-state index is -0.554. The number of imidazole rings is 1. The number of amides is 1. The molecular weight excluding hydrogens is 254 g/mol. The third kappa shape index (κ3) is 3.60. The number of hydrogen-bond acceptors (Lipinski definition) is 3. The highest BCUT2D eigenvalue weighted by atomic mass is 16.5. The van der Waals surface area contributed by atoms with Crippen molar-refractivity contribution in [2.75, 3.05) is 0 Å². The van der Waals surface area contributed by atoms with Gasteiger partial charge in [-0.2, -0.15) is 0 Å². The molecule has 0 aliphatic heterocycles. The second-order valence-electron chi connectivity index (χ2n) is 4.52. The summed E-state index contributed by atoms with van der Waals surface area (Å²) in [6, 6.07) is 9.18. The van der Waals surface area contributed by atoms with Crippen molar-refractivity contribution in [1.82, 2.24) is 15.3 Å². The molecule has 20 heavy (non-hydrogen) atoms. The molecule has 1 aromatic heterocycles. The maximum absolute atomic E-state index is 12.1. The number of H-pyrrole nitrogens is 1. The van der Waals surface area contributed by atoms with E-state index < -0.39 is 6.10 Å². The maximum Gasteiger partial charge on any atom is 0.261 e. The van der Waals surface area contributed by atoms with Gasteiger partial charge in [-0.3, -0.25) is 4.79 Å². The van der Waals surface area contributed by atoms with Gasteiger partial charge in [0, 0.05) is 12.4 Å². The van der Waals surface area contributed by atoms with Crippen LogP contribution in [0.15, 0.2) is 42.7 Å². The number of aromatic nitrogens is 2. The first-order valence-electron chi connectivity index (χ1n) is 6.72. The molecule has 0 aliphatic carbocycles. The zero-order valence-electron chi connectivity index (χ0n) is 11.7. The molecule has 0 radical (unpaired) electrons. The summed E-state index contributed by atoms with van der Waals surface area (Å²) in [6.07, 6.45) is 3.63. The van der Waals surface area contributed by atoms with Gasteiger partial charge in [0.05, 0.1) is 6.04 Å². The van der Waals surface area contributed by atoms with Gasteiger partial charge in [-0.05, 0) is 25.5 Å². The maximum atomic E-state index is 12.1. The molecule has 0 bridgehead atoms. The molecule has 0 fully saturated rings. The Bertz CT molecular complexity index is 525. The van der Waals surface area contributed by atoms with E-state index in [1.54, 1.807) is 19.3 Å². The minimum absolute atomic E-state index is 0.126. The summed E-state index contributed by atoms with van der Waals surface area (Å²) in [5, 5.41) is 2.93. The Morgan fingerprint density at radius 1 is 1.40 bits per heavy atom. The van der Waals surface area contributed by atoms with E-state index in [1.165, 1.54) is 0 Å². The van der Waals surface area contributed by atoms with Crippen molar-refractivity contribution < 1.29 is 9.53 Å². The van der Waals surface area contributed by atoms with E-state index in [-0.39, 0.29) is 11.9 Å². The molecule has 106 valence electrons. The molecule has 2 atom stereocenters. The Hall–Kier alpha value is -2.30. The van der Waals surface area contributed by atoms with Crippen LogP contribution in [0.4, 0.5) is 0 Å². The fourth-order valence-corrected chi connectivity index (χ4v) is 1.88. The molecule has 1 amide bonds. The lowest BCUT2D eigenvalue weighted by Gasteiger charge is -2.19. The van der Waals surface area contributed by atoms with E-state index in [0.717, 1.165) is 12.2 Å². The molecule has 0 saturated heterocycles. The molecule has 2 rings (SSSR count). The summed E-state index contributed by atoms with van der Waals surface area (Å²) in [7, 11) is 0. The fraction of sp³-hybridized carbons (Fsp3) is 0.333. The van der Waals surface area contributed by atoms with Crippen molar-refractivity contribution in [3.8, 4) is 5.75 Å². The second kappa shape index (κ2) is 6.75. The zero-order chi connectivity index (χ0) is 14.4. The van der Waals surface area contributed by atoms with Crippen LogP contribution in [0.25, 0.3) is 0 Å². The molecule has 0 aliphatic rings. The van der Waals surface area contributed by atoms with Crippen molar-refractivity contribution in [1.29, 1.82) is 0 Å². The standard InChI is InChI=1S/C15H19N3O2/c1-3-13(14-16-9-10-17-14)18-15(19)11(2)20-12-7-5-4-6-8-12/h4-11,13H,3H2,1-2H3,(H,16,17)(H,18,19)/t11-,13-/m0/s1. The van der Waals surface area contributed by atoms with Crippen LogP contribution in [-0.4, -0.2) is 22.0 Å². The molecule has 0 unspecified atom stereocenters. The number of aromatic amines is 1. The number of nitrogens with zero attached hydrogens (tertiary/aromatic N) is 1. The first-order chi connectivity index (χ1) is 9.70. The van der Waals surface area contributed by atoms with Gasteiger partial charge in [0.2, 0.25) is 0 Å². The topological polar surface area (TPSA) is 67.0 Å². The highest BCUT2D eigenvalue weighted by Gasteiger charge is 2.20. The van der Waals surface area contributed by atoms with Gasteiger partial charge in [0.15, 0.2) is 6.10 Å². The van der Waals surface area contributed by atoms with Gasteiger partial charge in [-0.15, -0.1) is 0 Å². The molecule has 0 spiro atoms. The summed E-state index contributed by atoms with van der Waals surface area (Å²) in [4.78, 5) is 19.3. The molecule has 0 saturated carbocycles. The SMILES string of the molecule is CC[C@H](NC(=O)[C@H](C)Oc1ccccc1)c1ncc[nH]1. The van der Waals surface area contributed by atoms with E-state index in [2.05, 4.69) is 15.3 Å². The van der Waals surface area contributed by atoms with Crippen LogP contribution in [0, 0.1) is 0 Å². The monoisotopic (exact) mass is 273 g/mol. The molecule has 2 aromatic rings. The number of ether oxygens (including phenoxy) is 1. The Kier molecular flexibility index (Phi) is 4.76. The lowest BCUT2D eigenvalue weighted by Crippen LogP contribution is -2.38. The number of benzene rings is 1. The normalized spacial score (nSPS) is 13.5. The van der Waals surface area contributed by atoms with Crippen molar-refractivity contribution in [3.63, 3.8) is 0 Å². The highest BCUT2D eigenvalue weighted by Crippen LogP contribution is 2.14. The Morgan fingerprint density at radius 3 is 2.75 bits per heavy atom. The number of carbonyl (C=O) groups is 1. The van der Waals surface area contributed by atoms with Crippen LogP contribution in [0.2, 0.25) is 0 Å². The lowest BCUT2D eigenvalue weighted by atomic mass is 10.2. The third-order valence-corrected chi connectivity index (χ3v) is 3.00. The van der Waals surface area contributed by atoms with Gasteiger partial charge >= 0.3 is 0 Å². The van der Waals surface area contributed by atoms with E-state index in [1.807, 2.05) is 37.3 Å². The minimum Gasteiger partial charge on any atom is -0.481 e. The Morgan fingerprint density at radius 2 is 2.15 bits per heavy atom. The summed E-state index contributed by atoms with van der Waals surface area (Å²) in [6.45, 7) is 3.73. The number of nitrogens with one attached hydrogen (secondary N) is 2. The molecule has 1 heterocycles. The summed E-state index contributed by atoms with van der Waals surface area (Å²) >= 11 is 0. The molecule has 5 heteroatoms. The molecule has 5 nitrogen and oxygen atoms in total. The van der Waals surface area contributed by atoms with E-state index in [9.17, 15) is 4.79 Å². The van der Waals surface area contributed by atoms with Crippen molar-refractivity contribution in [2.24, 2.45) is 0 Å². The van der Waals surface area contributed by atoms with Crippen molar-refractivity contribution in [2.45, 2.75) is 32.4 Å². The van der Waals surface area contributed by atoms with Crippen LogP contribution < -0.4 is 10.1 Å². The van der Waals surface area contributed by atoms with Gasteiger partial charge in [0.1, 0.15) is 11.6 Å². The molecule has 1 aromatic carbocycles. The average Bonchev–Trinajstić information content (AvgIpc) is 2.99. The van der Waals surface area contributed by atoms with Gasteiger partial charge in [0.25, 0.3) is 5.91 Å². The largest absolute Gasteiger partial charge is 0.481 e. The number of para-hydroxylation sites is 1. The van der Waals surface area contributed by atoms with Crippen LogP contribution in [0.5, 0.6) is 5.75 Å². The van der Waals surface area contributed by atoms with Gasteiger partial charge in [-0.25, -0.2) is 4.98 Å². The zero-order valence-corrected chi connectivity index (χ0v) is 11.7. The predicted octanol–water partition coefficient (Wildman–Crippen LogP) is 2.44. The Labute approximate surface area is 118 Å². The van der Waals surface area contributed by atoms with Crippen LogP contribution in [0.1, 0.15) is 32.1 Å². The number of rotatable bonds is 6. The molecule has 2 N–H and O–H groups in total. The van der Waals surface area contributed by atoms with E-state index in [0.29, 0.717) is 5.75 Å². The van der Waals surface area contributed by atoms with Crippen molar-refractivity contribution in [3.05, 3.63) is 48.5 Å². The fourth-order valence-electron chi connectivity index (χ4n) is 1.88. The van der Waals surface area contributed by atoms with Crippen LogP contribution in [0.3, 0.4) is 0 Å². The number of hydrogen-bond donors (Lipinski definition) is 2. The third-order valence-electron chi connectivity index (χ3n) is 3.00. The smallest absolute Gasteiger partial charge is 0.261 e. The second-order valence-corrected chi connectivity index (χ2v) is 4.52. The summed E-state index contributed by atoms with van der Waals surface area (Å²) < 4.78 is 5.60. The summed E-state index contributed by atoms with van der Waals surface area (Å²) in [5.74, 6) is 1.28. The predicted molar refractivity (Wildman–Crippen MR) is 76.3 cm³/mol. The lowest BCUT2D eigenvalue weighted by molar-refractivity contribution is -0.128. The molecular formula is C15H19N3O2. The Balaban J connectivity index is 1.93. The quantitative estimate of drug-likeness (QED) is 0.849. The first-order valence-corrected chi connectivity index (χ1v) is 6.72. The van der Waals surface area contributed by atoms with Crippen LogP contribution in [-0.2, 0) is 4.79 Å². The van der Waals surface area contributed by atoms with E-state index >= 15 is 0 Å². The first kappa shape index (κ1) is 14.1. The van der Waals surface area contributed by atoms with Crippen molar-refractivity contribution >= 4 is 5.91 Å². The van der Waals surface area contributed by atoms with Crippen LogP contribution >= 0.6 is 0 Å². The average molecular weight is 273 g/mol. The van der Waals surface area contributed by atoms with Gasteiger partial charge < -0.3 is 15.0 Å². The highest BCUT2D eigenvalue weighted by molar-refractivity contribution is 5.81.